The van der Waals surface area contributed by atoms with Crippen molar-refractivity contribution in [3.05, 3.63) is 29.8 Å². The highest BCUT2D eigenvalue weighted by molar-refractivity contribution is 5.94. The number of nitrogens with zero attached hydrogens (tertiary/aromatic N) is 2. The van der Waals surface area contributed by atoms with E-state index in [1.807, 2.05) is 29.2 Å². The number of hydrogen-bond acceptors (Lipinski definition) is 4. The van der Waals surface area contributed by atoms with Crippen molar-refractivity contribution in [2.24, 2.45) is 5.92 Å². The largest absolute Gasteiger partial charge is 0.497 e. The van der Waals surface area contributed by atoms with Gasteiger partial charge in [0.15, 0.2) is 6.10 Å². The van der Waals surface area contributed by atoms with E-state index in [2.05, 4.69) is 4.90 Å². The molecule has 1 unspecified atom stereocenters. The van der Waals surface area contributed by atoms with Crippen LogP contribution in [0.4, 0.5) is 0 Å². The Kier molecular flexibility index (Phi) is 5.67. The van der Waals surface area contributed by atoms with Gasteiger partial charge in [0, 0.05) is 24.7 Å². The smallest absolute Gasteiger partial charge is 0.254 e. The maximum absolute atomic E-state index is 13.2. The molecule has 31 heavy (non-hydrogen) atoms. The standard InChI is InChI=1S/C25H34N2O4/c1-30-21-9-7-19(8-10-21)23(28)26-15-11-20(12-16-26)27-24(29)22(31-17-18-5-6-18)25(27)13-3-2-4-14-25/h7-10,18,20,22H,2-6,11-17H2,1H3. The van der Waals surface area contributed by atoms with E-state index in [1.165, 1.54) is 32.1 Å². The van der Waals surface area contributed by atoms with Gasteiger partial charge in [0.1, 0.15) is 5.75 Å². The topological polar surface area (TPSA) is 59.1 Å². The molecule has 4 aliphatic rings. The zero-order valence-electron chi connectivity index (χ0n) is 18.6. The van der Waals surface area contributed by atoms with Gasteiger partial charge in [-0.3, -0.25) is 9.59 Å². The second kappa shape index (κ2) is 8.45. The van der Waals surface area contributed by atoms with Crippen LogP contribution in [0.25, 0.3) is 0 Å². The van der Waals surface area contributed by atoms with Gasteiger partial charge >= 0.3 is 0 Å². The first kappa shape index (κ1) is 20.8. The number of amides is 2. The molecule has 0 radical (unpaired) electrons. The number of methoxy groups -OCH3 is 1. The highest BCUT2D eigenvalue weighted by Gasteiger charge is 2.62. The molecule has 2 heterocycles. The van der Waals surface area contributed by atoms with E-state index in [0.29, 0.717) is 24.6 Å². The van der Waals surface area contributed by atoms with Crippen molar-refractivity contribution < 1.29 is 19.1 Å². The van der Waals surface area contributed by atoms with Crippen molar-refractivity contribution in [1.82, 2.24) is 9.80 Å². The second-order valence-corrected chi connectivity index (χ2v) is 9.78. The van der Waals surface area contributed by atoms with Gasteiger partial charge in [-0.25, -0.2) is 0 Å². The SMILES string of the molecule is COc1ccc(C(=O)N2CCC(N3C(=O)C(OCC4CC4)C34CCCCC4)CC2)cc1. The number of carbonyl (C=O) groups excluding carboxylic acids is 2. The molecule has 6 nitrogen and oxygen atoms in total. The molecule has 2 aliphatic heterocycles. The summed E-state index contributed by atoms with van der Waals surface area (Å²) in [4.78, 5) is 30.2. The third kappa shape index (κ3) is 3.84. The van der Waals surface area contributed by atoms with Gasteiger partial charge in [-0.15, -0.1) is 0 Å². The third-order valence-corrected chi connectivity index (χ3v) is 7.80. The normalized spacial score (nSPS) is 26.1. The summed E-state index contributed by atoms with van der Waals surface area (Å²) in [5, 5.41) is 0. The lowest BCUT2D eigenvalue weighted by molar-refractivity contribution is -0.211. The zero-order chi connectivity index (χ0) is 21.4. The van der Waals surface area contributed by atoms with Gasteiger partial charge < -0.3 is 19.3 Å². The lowest BCUT2D eigenvalue weighted by Crippen LogP contribution is -2.78. The second-order valence-electron chi connectivity index (χ2n) is 9.78. The maximum atomic E-state index is 13.2. The van der Waals surface area contributed by atoms with Crippen LogP contribution >= 0.6 is 0 Å². The number of β-lactam (4-membered cyclic amide) rings is 1. The Morgan fingerprint density at radius 3 is 2.32 bits per heavy atom. The van der Waals surface area contributed by atoms with Crippen molar-refractivity contribution in [3.8, 4) is 5.75 Å². The van der Waals surface area contributed by atoms with E-state index in [4.69, 9.17) is 9.47 Å². The Balaban J connectivity index is 1.22. The summed E-state index contributed by atoms with van der Waals surface area (Å²) in [5.41, 5.74) is 0.605. The van der Waals surface area contributed by atoms with Crippen LogP contribution in [0, 0.1) is 5.92 Å². The summed E-state index contributed by atoms with van der Waals surface area (Å²) in [6, 6.07) is 7.53. The van der Waals surface area contributed by atoms with E-state index >= 15 is 0 Å². The van der Waals surface area contributed by atoms with E-state index in [-0.39, 0.29) is 29.5 Å². The first-order chi connectivity index (χ1) is 15.1. The van der Waals surface area contributed by atoms with E-state index in [9.17, 15) is 9.59 Å². The first-order valence-electron chi connectivity index (χ1n) is 12.0. The summed E-state index contributed by atoms with van der Waals surface area (Å²) < 4.78 is 11.4. The quantitative estimate of drug-likeness (QED) is 0.652. The lowest BCUT2D eigenvalue weighted by atomic mass is 9.68. The molecule has 2 aliphatic carbocycles. The lowest BCUT2D eigenvalue weighted by Gasteiger charge is -2.62. The van der Waals surface area contributed by atoms with Gasteiger partial charge in [0.2, 0.25) is 0 Å². The minimum absolute atomic E-state index is 0.0639. The maximum Gasteiger partial charge on any atom is 0.254 e. The molecule has 0 bridgehead atoms. The highest BCUT2D eigenvalue weighted by atomic mass is 16.5. The molecular formula is C25H34N2O4. The number of likely N-dealkylation sites (tertiary alicyclic amines) is 2. The monoisotopic (exact) mass is 426 g/mol. The highest BCUT2D eigenvalue weighted by Crippen LogP contribution is 2.48. The van der Waals surface area contributed by atoms with Gasteiger partial charge in [-0.1, -0.05) is 19.3 Å². The fourth-order valence-electron chi connectivity index (χ4n) is 5.83. The van der Waals surface area contributed by atoms with Crippen LogP contribution in [0.1, 0.15) is 68.1 Å². The number of hydrogen-bond donors (Lipinski definition) is 0. The Bertz CT molecular complexity index is 805. The molecule has 4 fully saturated rings. The number of carbonyl (C=O) groups is 2. The van der Waals surface area contributed by atoms with Gasteiger partial charge in [-0.05, 0) is 68.7 Å². The molecule has 1 atom stereocenters. The summed E-state index contributed by atoms with van der Waals surface area (Å²) in [6.45, 7) is 2.15. The number of ether oxygens (including phenoxy) is 2. The van der Waals surface area contributed by atoms with Crippen molar-refractivity contribution in [3.63, 3.8) is 0 Å². The number of benzene rings is 1. The number of rotatable bonds is 6. The molecule has 2 saturated heterocycles. The molecule has 0 aromatic heterocycles. The van der Waals surface area contributed by atoms with Crippen LogP contribution in [0.5, 0.6) is 5.75 Å². The Hall–Kier alpha value is -2.08. The minimum atomic E-state index is -0.229. The van der Waals surface area contributed by atoms with E-state index < -0.39 is 0 Å². The fraction of sp³-hybridized carbons (Fsp3) is 0.680. The Labute approximate surface area is 184 Å². The number of piperidine rings is 1. The van der Waals surface area contributed by atoms with Crippen molar-refractivity contribution in [2.75, 3.05) is 26.8 Å². The minimum Gasteiger partial charge on any atom is -0.497 e. The van der Waals surface area contributed by atoms with Crippen molar-refractivity contribution in [2.45, 2.75) is 75.5 Å². The van der Waals surface area contributed by atoms with Crippen molar-refractivity contribution in [1.29, 1.82) is 0 Å². The average Bonchev–Trinajstić information content (AvgIpc) is 3.64. The molecule has 1 aromatic carbocycles. The summed E-state index contributed by atoms with van der Waals surface area (Å²) >= 11 is 0. The summed E-state index contributed by atoms with van der Waals surface area (Å²) in [6.07, 6.45) is 9.73. The molecule has 168 valence electrons. The third-order valence-electron chi connectivity index (χ3n) is 7.80. The van der Waals surface area contributed by atoms with Crippen LogP contribution in [-0.2, 0) is 9.53 Å². The summed E-state index contributed by atoms with van der Waals surface area (Å²) in [7, 11) is 1.62. The van der Waals surface area contributed by atoms with Gasteiger partial charge in [0.25, 0.3) is 11.8 Å². The van der Waals surface area contributed by atoms with Crippen molar-refractivity contribution >= 4 is 11.8 Å². The molecular weight excluding hydrogens is 392 g/mol. The molecule has 2 amide bonds. The molecule has 5 rings (SSSR count). The average molecular weight is 427 g/mol. The predicted molar refractivity (Wildman–Crippen MR) is 117 cm³/mol. The van der Waals surface area contributed by atoms with Gasteiger partial charge in [0.05, 0.1) is 19.3 Å². The zero-order valence-corrected chi connectivity index (χ0v) is 18.6. The molecule has 0 N–H and O–H groups in total. The first-order valence-corrected chi connectivity index (χ1v) is 12.0. The summed E-state index contributed by atoms with van der Waals surface area (Å²) in [5.74, 6) is 1.69. The van der Waals surface area contributed by atoms with E-state index in [1.54, 1.807) is 7.11 Å². The van der Waals surface area contributed by atoms with Crippen LogP contribution in [0.2, 0.25) is 0 Å². The Morgan fingerprint density at radius 2 is 1.71 bits per heavy atom. The van der Waals surface area contributed by atoms with Crippen LogP contribution < -0.4 is 4.74 Å². The predicted octanol–water partition coefficient (Wildman–Crippen LogP) is 3.64. The molecule has 1 aromatic rings. The molecule has 2 saturated carbocycles. The van der Waals surface area contributed by atoms with Crippen LogP contribution in [0.3, 0.4) is 0 Å². The van der Waals surface area contributed by atoms with E-state index in [0.717, 1.165) is 38.0 Å². The molecule has 1 spiro atoms. The Morgan fingerprint density at radius 1 is 1.03 bits per heavy atom. The van der Waals surface area contributed by atoms with Crippen LogP contribution in [0.15, 0.2) is 24.3 Å². The van der Waals surface area contributed by atoms with Gasteiger partial charge in [-0.2, -0.15) is 0 Å². The fourth-order valence-corrected chi connectivity index (χ4v) is 5.83. The molecule has 6 heteroatoms. The van der Waals surface area contributed by atoms with Crippen LogP contribution in [-0.4, -0.2) is 66.1 Å².